The molecule has 5 nitrogen and oxygen atoms in total. The van der Waals surface area contributed by atoms with Crippen molar-refractivity contribution in [3.05, 3.63) is 22.4 Å². The summed E-state index contributed by atoms with van der Waals surface area (Å²) in [5, 5.41) is 15.1. The van der Waals surface area contributed by atoms with Gasteiger partial charge in [0, 0.05) is 4.88 Å². The summed E-state index contributed by atoms with van der Waals surface area (Å²) < 4.78 is 0. The molecule has 1 unspecified atom stereocenters. The first-order valence-corrected chi connectivity index (χ1v) is 6.43. The molecule has 1 atom stereocenters. The summed E-state index contributed by atoms with van der Waals surface area (Å²) in [5.41, 5.74) is 0. The summed E-state index contributed by atoms with van der Waals surface area (Å²) in [5.74, 6) is -1.31. The molecular weight excluding hydrogens is 250 g/mol. The van der Waals surface area contributed by atoms with Gasteiger partial charge in [-0.15, -0.1) is 11.3 Å². The van der Waals surface area contributed by atoms with Gasteiger partial charge in [0.2, 0.25) is 0 Å². The molecule has 0 aliphatic carbocycles. The van der Waals surface area contributed by atoms with E-state index in [1.807, 2.05) is 31.4 Å². The smallest absolute Gasteiger partial charge is 0.310 e. The summed E-state index contributed by atoms with van der Waals surface area (Å²) in [4.78, 5) is 24.0. The van der Waals surface area contributed by atoms with Crippen molar-refractivity contribution in [1.82, 2.24) is 10.6 Å². The minimum atomic E-state index is -0.779. The third kappa shape index (κ3) is 3.86. The van der Waals surface area contributed by atoms with Crippen molar-refractivity contribution in [2.45, 2.75) is 19.9 Å². The lowest BCUT2D eigenvalue weighted by Gasteiger charge is -2.20. The Morgan fingerprint density at radius 3 is 2.67 bits per heavy atom. The number of carbonyl (C=O) groups excluding carboxylic acids is 2. The Morgan fingerprint density at radius 1 is 1.44 bits per heavy atom. The Kier molecular flexibility index (Phi) is 5.33. The molecule has 0 aliphatic heterocycles. The SMILES string of the molecule is CC(C)C(NC(=O)C(=O)NCC#N)c1cccs1. The van der Waals surface area contributed by atoms with Gasteiger partial charge in [0.15, 0.2) is 0 Å². The average molecular weight is 265 g/mol. The summed E-state index contributed by atoms with van der Waals surface area (Å²) in [6.07, 6.45) is 0. The van der Waals surface area contributed by atoms with Crippen molar-refractivity contribution < 1.29 is 9.59 Å². The Morgan fingerprint density at radius 2 is 2.17 bits per heavy atom. The molecule has 0 spiro atoms. The van der Waals surface area contributed by atoms with Crippen LogP contribution < -0.4 is 10.6 Å². The van der Waals surface area contributed by atoms with Crippen molar-refractivity contribution >= 4 is 23.2 Å². The molecule has 0 saturated heterocycles. The highest BCUT2D eigenvalue weighted by molar-refractivity contribution is 7.10. The van der Waals surface area contributed by atoms with Gasteiger partial charge in [-0.3, -0.25) is 9.59 Å². The van der Waals surface area contributed by atoms with Crippen LogP contribution >= 0.6 is 11.3 Å². The minimum absolute atomic E-state index is 0.169. The van der Waals surface area contributed by atoms with E-state index >= 15 is 0 Å². The average Bonchev–Trinajstić information content (AvgIpc) is 2.85. The fourth-order valence-corrected chi connectivity index (χ4v) is 2.39. The largest absolute Gasteiger partial charge is 0.340 e. The van der Waals surface area contributed by atoms with Crippen LogP contribution in [0, 0.1) is 17.2 Å². The second kappa shape index (κ2) is 6.77. The number of nitrogens with one attached hydrogen (secondary N) is 2. The fourth-order valence-electron chi connectivity index (χ4n) is 1.44. The number of thiophene rings is 1. The molecule has 1 heterocycles. The van der Waals surface area contributed by atoms with Gasteiger partial charge in [0.05, 0.1) is 12.1 Å². The quantitative estimate of drug-likeness (QED) is 0.634. The molecule has 0 bridgehead atoms. The normalized spacial score (nSPS) is 11.7. The van der Waals surface area contributed by atoms with Gasteiger partial charge in [-0.25, -0.2) is 0 Å². The van der Waals surface area contributed by atoms with Gasteiger partial charge in [-0.2, -0.15) is 5.26 Å². The van der Waals surface area contributed by atoms with Crippen LogP contribution in [0.15, 0.2) is 17.5 Å². The number of nitriles is 1. The van der Waals surface area contributed by atoms with E-state index in [1.165, 1.54) is 11.3 Å². The Hall–Kier alpha value is -1.87. The molecular formula is C12H15N3O2S. The van der Waals surface area contributed by atoms with Gasteiger partial charge < -0.3 is 10.6 Å². The van der Waals surface area contributed by atoms with Crippen LogP contribution in [0.3, 0.4) is 0 Å². The van der Waals surface area contributed by atoms with Crippen molar-refractivity contribution in [3.8, 4) is 6.07 Å². The number of hydrogen-bond donors (Lipinski definition) is 2. The second-order valence-electron chi connectivity index (χ2n) is 4.05. The highest BCUT2D eigenvalue weighted by Crippen LogP contribution is 2.25. The van der Waals surface area contributed by atoms with E-state index in [2.05, 4.69) is 10.6 Å². The fraction of sp³-hybridized carbons (Fsp3) is 0.417. The van der Waals surface area contributed by atoms with Gasteiger partial charge in [0.1, 0.15) is 6.54 Å². The monoisotopic (exact) mass is 265 g/mol. The van der Waals surface area contributed by atoms with Crippen LogP contribution in [0.5, 0.6) is 0 Å². The highest BCUT2D eigenvalue weighted by atomic mass is 32.1. The predicted octanol–water partition coefficient (Wildman–Crippen LogP) is 1.20. The van der Waals surface area contributed by atoms with Crippen molar-refractivity contribution in [3.63, 3.8) is 0 Å². The highest BCUT2D eigenvalue weighted by Gasteiger charge is 2.22. The lowest BCUT2D eigenvalue weighted by Crippen LogP contribution is -2.42. The minimum Gasteiger partial charge on any atom is -0.340 e. The van der Waals surface area contributed by atoms with Gasteiger partial charge in [-0.05, 0) is 17.4 Å². The van der Waals surface area contributed by atoms with Crippen LogP contribution in [0.25, 0.3) is 0 Å². The number of rotatable bonds is 4. The van der Waals surface area contributed by atoms with Crippen LogP contribution in [0.1, 0.15) is 24.8 Å². The maximum absolute atomic E-state index is 11.6. The molecule has 6 heteroatoms. The third-order valence-corrected chi connectivity index (χ3v) is 3.29. The molecule has 96 valence electrons. The number of hydrogen-bond acceptors (Lipinski definition) is 4. The predicted molar refractivity (Wildman–Crippen MR) is 68.7 cm³/mol. The van der Waals surface area contributed by atoms with E-state index in [1.54, 1.807) is 6.07 Å². The molecule has 0 fully saturated rings. The van der Waals surface area contributed by atoms with Crippen LogP contribution in [-0.4, -0.2) is 18.4 Å². The summed E-state index contributed by atoms with van der Waals surface area (Å²) in [7, 11) is 0. The molecule has 0 aromatic carbocycles. The van der Waals surface area contributed by atoms with Crippen molar-refractivity contribution in [2.24, 2.45) is 5.92 Å². The van der Waals surface area contributed by atoms with E-state index in [4.69, 9.17) is 5.26 Å². The molecule has 2 N–H and O–H groups in total. The molecule has 2 amide bonds. The lowest BCUT2D eigenvalue weighted by atomic mass is 10.0. The van der Waals surface area contributed by atoms with E-state index < -0.39 is 11.8 Å². The Balaban J connectivity index is 2.65. The van der Waals surface area contributed by atoms with Gasteiger partial charge >= 0.3 is 11.8 Å². The molecule has 1 rings (SSSR count). The van der Waals surface area contributed by atoms with Gasteiger partial charge in [-0.1, -0.05) is 19.9 Å². The number of amides is 2. The molecule has 0 saturated carbocycles. The first-order valence-electron chi connectivity index (χ1n) is 5.55. The zero-order valence-electron chi connectivity index (χ0n) is 10.3. The first-order chi connectivity index (χ1) is 8.56. The van der Waals surface area contributed by atoms with E-state index in [0.717, 1.165) is 4.88 Å². The Labute approximate surface area is 110 Å². The Bertz CT molecular complexity index is 448. The van der Waals surface area contributed by atoms with Crippen molar-refractivity contribution in [1.29, 1.82) is 5.26 Å². The van der Waals surface area contributed by atoms with Crippen LogP contribution in [0.4, 0.5) is 0 Å². The molecule has 1 aromatic rings. The van der Waals surface area contributed by atoms with E-state index in [9.17, 15) is 9.59 Å². The van der Waals surface area contributed by atoms with Crippen LogP contribution in [0.2, 0.25) is 0 Å². The summed E-state index contributed by atoms with van der Waals surface area (Å²) in [6.45, 7) is 3.77. The van der Waals surface area contributed by atoms with E-state index in [0.29, 0.717) is 0 Å². The number of carbonyl (C=O) groups is 2. The summed E-state index contributed by atoms with van der Waals surface area (Å²) in [6, 6.07) is 5.38. The summed E-state index contributed by atoms with van der Waals surface area (Å²) >= 11 is 1.53. The first kappa shape index (κ1) is 14.2. The molecule has 0 radical (unpaired) electrons. The topological polar surface area (TPSA) is 82.0 Å². The maximum Gasteiger partial charge on any atom is 0.310 e. The molecule has 1 aromatic heterocycles. The second-order valence-corrected chi connectivity index (χ2v) is 5.03. The van der Waals surface area contributed by atoms with E-state index in [-0.39, 0.29) is 18.5 Å². The third-order valence-electron chi connectivity index (χ3n) is 2.34. The number of nitrogens with zero attached hydrogens (tertiary/aromatic N) is 1. The zero-order chi connectivity index (χ0) is 13.5. The lowest BCUT2D eigenvalue weighted by molar-refractivity contribution is -0.139. The standard InChI is InChI=1S/C12H15N3O2S/c1-8(2)10(9-4-3-7-18-9)15-12(17)11(16)14-6-5-13/h3-4,7-8,10H,6H2,1-2H3,(H,14,16)(H,15,17). The van der Waals surface area contributed by atoms with Crippen molar-refractivity contribution in [2.75, 3.05) is 6.54 Å². The molecule has 0 aliphatic rings. The zero-order valence-corrected chi connectivity index (χ0v) is 11.1. The van der Waals surface area contributed by atoms with Crippen LogP contribution in [-0.2, 0) is 9.59 Å². The molecule has 18 heavy (non-hydrogen) atoms. The maximum atomic E-state index is 11.6. The van der Waals surface area contributed by atoms with Gasteiger partial charge in [0.25, 0.3) is 0 Å².